The van der Waals surface area contributed by atoms with Gasteiger partial charge in [0.2, 0.25) is 11.8 Å². The van der Waals surface area contributed by atoms with E-state index in [1.807, 2.05) is 30.3 Å². The van der Waals surface area contributed by atoms with Crippen LogP contribution in [0.25, 0.3) is 0 Å². The number of hydrogen-bond donors (Lipinski definition) is 4. The predicted molar refractivity (Wildman–Crippen MR) is 71.8 cm³/mol. The average Bonchev–Trinajstić information content (AvgIpc) is 2.44. The van der Waals surface area contributed by atoms with Crippen LogP contribution in [-0.4, -0.2) is 42.0 Å². The third-order valence-electron chi connectivity index (χ3n) is 2.53. The van der Waals surface area contributed by atoms with Crippen molar-refractivity contribution in [3.05, 3.63) is 35.9 Å². The quantitative estimate of drug-likeness (QED) is 0.503. The summed E-state index contributed by atoms with van der Waals surface area (Å²) in [5, 5.41) is 13.2. The summed E-state index contributed by atoms with van der Waals surface area (Å²) in [7, 11) is 0. The minimum Gasteiger partial charge on any atom is -0.480 e. The number of aliphatic carboxylic acids is 1. The zero-order valence-corrected chi connectivity index (χ0v) is 10.8. The van der Waals surface area contributed by atoms with Gasteiger partial charge in [-0.2, -0.15) is 0 Å². The first kappa shape index (κ1) is 15.6. The summed E-state index contributed by atoms with van der Waals surface area (Å²) in [6.45, 7) is -0.736. The molecule has 2 amide bonds. The highest BCUT2D eigenvalue weighted by Crippen LogP contribution is 2.03. The molecule has 1 rings (SSSR count). The lowest BCUT2D eigenvalue weighted by atomic mass is 10.1. The zero-order chi connectivity index (χ0) is 15.0. The lowest BCUT2D eigenvalue weighted by Crippen LogP contribution is -2.50. The third-order valence-corrected chi connectivity index (χ3v) is 2.53. The van der Waals surface area contributed by atoms with E-state index in [-0.39, 0.29) is 13.0 Å². The molecule has 1 aromatic rings. The van der Waals surface area contributed by atoms with Crippen LogP contribution in [0.5, 0.6) is 0 Å². The molecule has 5 N–H and O–H groups in total. The minimum atomic E-state index is -1.15. The fraction of sp³-hybridized carbons (Fsp3) is 0.308. The number of rotatable bonds is 7. The monoisotopic (exact) mass is 279 g/mol. The molecular weight excluding hydrogens is 262 g/mol. The molecule has 0 unspecified atom stereocenters. The zero-order valence-electron chi connectivity index (χ0n) is 10.8. The lowest BCUT2D eigenvalue weighted by molar-refractivity contribution is -0.138. The Morgan fingerprint density at radius 2 is 1.85 bits per heavy atom. The van der Waals surface area contributed by atoms with Gasteiger partial charge in [0.05, 0.1) is 6.54 Å². The Labute approximate surface area is 116 Å². The van der Waals surface area contributed by atoms with Crippen LogP contribution in [0.15, 0.2) is 30.3 Å². The molecule has 0 aliphatic heterocycles. The molecule has 0 heterocycles. The molecule has 0 radical (unpaired) electrons. The van der Waals surface area contributed by atoms with Crippen molar-refractivity contribution in [2.45, 2.75) is 12.5 Å². The number of benzene rings is 1. The number of nitrogens with one attached hydrogen (secondary N) is 2. The second-order valence-corrected chi connectivity index (χ2v) is 4.13. The molecule has 0 saturated carbocycles. The van der Waals surface area contributed by atoms with Gasteiger partial charge in [-0.15, -0.1) is 0 Å². The van der Waals surface area contributed by atoms with Gasteiger partial charge in [-0.25, -0.2) is 0 Å². The highest BCUT2D eigenvalue weighted by atomic mass is 16.4. The second kappa shape index (κ2) is 7.90. The lowest BCUT2D eigenvalue weighted by Gasteiger charge is -2.17. The van der Waals surface area contributed by atoms with Crippen LogP contribution in [-0.2, 0) is 20.8 Å². The maximum atomic E-state index is 11.9. The van der Waals surface area contributed by atoms with Gasteiger partial charge in [-0.3, -0.25) is 14.4 Å². The molecule has 0 fully saturated rings. The summed E-state index contributed by atoms with van der Waals surface area (Å²) in [5.74, 6) is -2.18. The van der Waals surface area contributed by atoms with Crippen molar-refractivity contribution in [3.8, 4) is 0 Å². The molecule has 20 heavy (non-hydrogen) atoms. The van der Waals surface area contributed by atoms with E-state index in [9.17, 15) is 14.4 Å². The molecule has 7 heteroatoms. The number of nitrogens with two attached hydrogens (primary N) is 1. The first-order chi connectivity index (χ1) is 9.52. The molecule has 0 aliphatic carbocycles. The van der Waals surface area contributed by atoms with E-state index in [0.717, 1.165) is 5.56 Å². The summed E-state index contributed by atoms with van der Waals surface area (Å²) >= 11 is 0. The van der Waals surface area contributed by atoms with E-state index in [1.54, 1.807) is 0 Å². The molecule has 0 aromatic heterocycles. The highest BCUT2D eigenvalue weighted by molar-refractivity contribution is 5.90. The van der Waals surface area contributed by atoms with Crippen LogP contribution >= 0.6 is 0 Å². The van der Waals surface area contributed by atoms with Crippen molar-refractivity contribution >= 4 is 17.8 Å². The van der Waals surface area contributed by atoms with E-state index in [1.165, 1.54) is 0 Å². The van der Waals surface area contributed by atoms with Crippen molar-refractivity contribution in [1.82, 2.24) is 10.6 Å². The summed E-state index contributed by atoms with van der Waals surface area (Å²) < 4.78 is 0. The Hall–Kier alpha value is -2.41. The summed E-state index contributed by atoms with van der Waals surface area (Å²) in [6.07, 6.45) is 0.262. The fourth-order valence-electron chi connectivity index (χ4n) is 1.60. The van der Waals surface area contributed by atoms with E-state index >= 15 is 0 Å². The summed E-state index contributed by atoms with van der Waals surface area (Å²) in [6, 6.07) is 8.23. The van der Waals surface area contributed by atoms with Crippen LogP contribution in [0, 0.1) is 0 Å². The molecule has 108 valence electrons. The number of carbonyl (C=O) groups excluding carboxylic acids is 2. The summed E-state index contributed by atoms with van der Waals surface area (Å²) in [5.41, 5.74) is 6.05. The van der Waals surface area contributed by atoms with Crippen LogP contribution < -0.4 is 16.4 Å². The van der Waals surface area contributed by atoms with E-state index in [2.05, 4.69) is 10.6 Å². The third kappa shape index (κ3) is 5.49. The van der Waals surface area contributed by atoms with Gasteiger partial charge >= 0.3 is 5.97 Å². The molecular formula is C13H17N3O4. The van der Waals surface area contributed by atoms with Crippen molar-refractivity contribution in [2.75, 3.05) is 13.1 Å². The van der Waals surface area contributed by atoms with Gasteiger partial charge in [-0.05, 0) is 5.56 Å². The van der Waals surface area contributed by atoms with Crippen molar-refractivity contribution < 1.29 is 19.5 Å². The van der Waals surface area contributed by atoms with Crippen molar-refractivity contribution in [2.24, 2.45) is 5.73 Å². The molecule has 0 aliphatic rings. The normalized spacial score (nSPS) is 11.4. The van der Waals surface area contributed by atoms with Crippen LogP contribution in [0.1, 0.15) is 5.56 Å². The highest BCUT2D eigenvalue weighted by Gasteiger charge is 2.21. The molecule has 1 aromatic carbocycles. The minimum absolute atomic E-state index is 0.239. The van der Waals surface area contributed by atoms with Crippen LogP contribution in [0.3, 0.4) is 0 Å². The van der Waals surface area contributed by atoms with Gasteiger partial charge in [-0.1, -0.05) is 30.3 Å². The Kier molecular flexibility index (Phi) is 6.18. The smallest absolute Gasteiger partial charge is 0.322 e. The van der Waals surface area contributed by atoms with E-state index < -0.39 is 30.4 Å². The largest absolute Gasteiger partial charge is 0.480 e. The number of carbonyl (C=O) groups is 3. The Bertz CT molecular complexity index is 476. The van der Waals surface area contributed by atoms with Crippen molar-refractivity contribution in [3.63, 3.8) is 0 Å². The Morgan fingerprint density at radius 3 is 2.40 bits per heavy atom. The fourth-order valence-corrected chi connectivity index (χ4v) is 1.60. The van der Waals surface area contributed by atoms with E-state index in [0.29, 0.717) is 0 Å². The molecule has 0 bridgehead atoms. The van der Waals surface area contributed by atoms with Crippen LogP contribution in [0.2, 0.25) is 0 Å². The molecule has 1 atom stereocenters. The molecule has 0 saturated heterocycles. The predicted octanol–water partition coefficient (Wildman–Crippen LogP) is -1.13. The topological polar surface area (TPSA) is 122 Å². The summed E-state index contributed by atoms with van der Waals surface area (Å²) in [4.78, 5) is 33.6. The SMILES string of the molecule is NCC(=O)N[C@H](Cc1ccccc1)C(=O)NCC(=O)O. The Morgan fingerprint density at radius 1 is 1.20 bits per heavy atom. The van der Waals surface area contributed by atoms with Gasteiger partial charge in [0, 0.05) is 6.42 Å². The maximum Gasteiger partial charge on any atom is 0.322 e. The molecule has 0 spiro atoms. The molecule has 7 nitrogen and oxygen atoms in total. The standard InChI is InChI=1S/C13H17N3O4/c14-7-11(17)16-10(13(20)15-8-12(18)19)6-9-4-2-1-3-5-9/h1-5,10H,6-8,14H2,(H,15,20)(H,16,17)(H,18,19)/t10-/m1/s1. The second-order valence-electron chi connectivity index (χ2n) is 4.13. The number of amides is 2. The van der Waals surface area contributed by atoms with Gasteiger partial charge in [0.25, 0.3) is 0 Å². The first-order valence-corrected chi connectivity index (χ1v) is 6.05. The average molecular weight is 279 g/mol. The van der Waals surface area contributed by atoms with Gasteiger partial charge < -0.3 is 21.5 Å². The Balaban J connectivity index is 2.71. The number of carboxylic acid groups (broad SMARTS) is 1. The van der Waals surface area contributed by atoms with Crippen LogP contribution in [0.4, 0.5) is 0 Å². The number of hydrogen-bond acceptors (Lipinski definition) is 4. The maximum absolute atomic E-state index is 11.9. The van der Waals surface area contributed by atoms with Gasteiger partial charge in [0.1, 0.15) is 12.6 Å². The first-order valence-electron chi connectivity index (χ1n) is 6.05. The van der Waals surface area contributed by atoms with Gasteiger partial charge in [0.15, 0.2) is 0 Å². The van der Waals surface area contributed by atoms with E-state index in [4.69, 9.17) is 10.8 Å². The van der Waals surface area contributed by atoms with Crippen molar-refractivity contribution in [1.29, 1.82) is 0 Å². The number of carboxylic acids is 1.